The highest BCUT2D eigenvalue weighted by Gasteiger charge is 2.41. The van der Waals surface area contributed by atoms with Crippen LogP contribution in [0.15, 0.2) is 12.2 Å². The van der Waals surface area contributed by atoms with Crippen LogP contribution in [0.3, 0.4) is 0 Å². The summed E-state index contributed by atoms with van der Waals surface area (Å²) in [5.41, 5.74) is 0.206. The Bertz CT molecular complexity index is 185. The van der Waals surface area contributed by atoms with Crippen LogP contribution < -0.4 is 0 Å². The molecule has 62 valence electrons. The summed E-state index contributed by atoms with van der Waals surface area (Å²) in [4.78, 5) is 0. The van der Waals surface area contributed by atoms with Crippen LogP contribution in [0.4, 0.5) is 0 Å². The fourth-order valence-corrected chi connectivity index (χ4v) is 2.50. The zero-order chi connectivity index (χ0) is 7.90. The Morgan fingerprint density at radius 2 is 2.36 bits per heavy atom. The zero-order valence-electron chi connectivity index (χ0n) is 7.09. The molecule has 2 bridgehead atoms. The summed E-state index contributed by atoms with van der Waals surface area (Å²) in [6, 6.07) is 0. The maximum absolute atomic E-state index is 9.90. The van der Waals surface area contributed by atoms with Gasteiger partial charge in [0.2, 0.25) is 0 Å². The van der Waals surface area contributed by atoms with Crippen molar-refractivity contribution < 1.29 is 5.11 Å². The summed E-state index contributed by atoms with van der Waals surface area (Å²) in [5, 5.41) is 9.90. The fourth-order valence-electron chi connectivity index (χ4n) is 2.50. The molecule has 0 aromatic carbocycles. The Balaban J connectivity index is 2.27. The predicted molar refractivity (Wildman–Crippen MR) is 45.2 cm³/mol. The molecule has 0 saturated heterocycles. The summed E-state index contributed by atoms with van der Waals surface area (Å²) >= 11 is 0. The topological polar surface area (TPSA) is 20.2 Å². The summed E-state index contributed by atoms with van der Waals surface area (Å²) < 4.78 is 0. The summed E-state index contributed by atoms with van der Waals surface area (Å²) in [6.45, 7) is 2.22. The molecule has 2 aliphatic rings. The smallest absolute Gasteiger partial charge is 0.0659 e. The van der Waals surface area contributed by atoms with E-state index in [-0.39, 0.29) is 11.5 Å². The highest BCUT2D eigenvalue weighted by molar-refractivity contribution is 5.08. The van der Waals surface area contributed by atoms with Gasteiger partial charge in [-0.05, 0) is 24.7 Å². The molecule has 3 atom stereocenters. The van der Waals surface area contributed by atoms with Gasteiger partial charge in [-0.1, -0.05) is 25.5 Å². The van der Waals surface area contributed by atoms with Gasteiger partial charge >= 0.3 is 0 Å². The number of aliphatic hydroxyl groups excluding tert-OH is 1. The maximum Gasteiger partial charge on any atom is 0.0659 e. The summed E-state index contributed by atoms with van der Waals surface area (Å²) in [6.07, 6.45) is 9.14. The van der Waals surface area contributed by atoms with Crippen molar-refractivity contribution in [2.45, 2.75) is 38.7 Å². The van der Waals surface area contributed by atoms with E-state index in [2.05, 4.69) is 19.1 Å². The van der Waals surface area contributed by atoms with Crippen LogP contribution in [0.25, 0.3) is 0 Å². The summed E-state index contributed by atoms with van der Waals surface area (Å²) in [5.74, 6) is 0.461. The lowest BCUT2D eigenvalue weighted by atomic mass is 9.64. The Morgan fingerprint density at radius 1 is 1.55 bits per heavy atom. The van der Waals surface area contributed by atoms with E-state index in [4.69, 9.17) is 0 Å². The van der Waals surface area contributed by atoms with Crippen molar-refractivity contribution in [2.75, 3.05) is 0 Å². The van der Waals surface area contributed by atoms with Crippen LogP contribution in [0.1, 0.15) is 32.6 Å². The van der Waals surface area contributed by atoms with E-state index in [9.17, 15) is 5.11 Å². The monoisotopic (exact) mass is 152 g/mol. The Kier molecular flexibility index (Phi) is 1.57. The lowest BCUT2D eigenvalue weighted by Crippen LogP contribution is -2.42. The maximum atomic E-state index is 9.90. The minimum Gasteiger partial charge on any atom is -0.392 e. The van der Waals surface area contributed by atoms with E-state index in [1.165, 1.54) is 19.3 Å². The van der Waals surface area contributed by atoms with Crippen molar-refractivity contribution in [1.82, 2.24) is 0 Å². The molecule has 0 unspecified atom stereocenters. The highest BCUT2D eigenvalue weighted by atomic mass is 16.3. The summed E-state index contributed by atoms with van der Waals surface area (Å²) in [7, 11) is 0. The normalized spacial score (nSPS) is 49.3. The van der Waals surface area contributed by atoms with Crippen molar-refractivity contribution in [3.05, 3.63) is 12.2 Å². The molecule has 2 aliphatic carbocycles. The van der Waals surface area contributed by atoms with E-state index < -0.39 is 0 Å². The van der Waals surface area contributed by atoms with Gasteiger partial charge in [0.15, 0.2) is 0 Å². The number of fused-ring (bicyclic) bond motifs is 2. The molecule has 1 nitrogen and oxygen atoms in total. The number of rotatable bonds is 0. The number of allylic oxidation sites excluding steroid dienone is 1. The minimum atomic E-state index is -0.0683. The van der Waals surface area contributed by atoms with E-state index >= 15 is 0 Å². The molecule has 11 heavy (non-hydrogen) atoms. The van der Waals surface area contributed by atoms with E-state index in [1.54, 1.807) is 0 Å². The Hall–Kier alpha value is -0.300. The largest absolute Gasteiger partial charge is 0.392 e. The van der Waals surface area contributed by atoms with Crippen molar-refractivity contribution in [3.63, 3.8) is 0 Å². The van der Waals surface area contributed by atoms with Crippen molar-refractivity contribution in [3.8, 4) is 0 Å². The second-order valence-electron chi connectivity index (χ2n) is 4.29. The van der Waals surface area contributed by atoms with Gasteiger partial charge in [-0.25, -0.2) is 0 Å². The van der Waals surface area contributed by atoms with Gasteiger partial charge in [-0.15, -0.1) is 0 Å². The molecular weight excluding hydrogens is 136 g/mol. The molecule has 1 saturated carbocycles. The Morgan fingerprint density at radius 3 is 3.00 bits per heavy atom. The van der Waals surface area contributed by atoms with Gasteiger partial charge in [-0.3, -0.25) is 0 Å². The minimum absolute atomic E-state index is 0.0683. The molecule has 0 aromatic rings. The Labute approximate surface area is 68.1 Å². The third kappa shape index (κ3) is 1.02. The molecule has 0 aliphatic heterocycles. The van der Waals surface area contributed by atoms with Gasteiger partial charge in [0, 0.05) is 5.92 Å². The van der Waals surface area contributed by atoms with E-state index in [1.807, 2.05) is 0 Å². The van der Waals surface area contributed by atoms with Gasteiger partial charge < -0.3 is 5.11 Å². The SMILES string of the molecule is C[C@@]12CC=C[C@@H](CCC1)[C@@H]2O. The molecule has 1 heteroatoms. The van der Waals surface area contributed by atoms with Crippen LogP contribution in [-0.4, -0.2) is 11.2 Å². The van der Waals surface area contributed by atoms with Crippen LogP contribution in [0.2, 0.25) is 0 Å². The molecule has 0 amide bonds. The predicted octanol–water partition coefficient (Wildman–Crippen LogP) is 2.11. The lowest BCUT2D eigenvalue weighted by Gasteiger charge is -2.44. The number of hydrogen-bond donors (Lipinski definition) is 1. The lowest BCUT2D eigenvalue weighted by molar-refractivity contribution is -0.0322. The standard InChI is InChI=1S/C10H16O/c1-10-6-2-4-8(9(10)11)5-3-7-10/h2,4,8-9,11H,3,5-7H2,1H3/t8-,9-,10+/m0/s1. The van der Waals surface area contributed by atoms with Crippen molar-refractivity contribution >= 4 is 0 Å². The molecule has 2 rings (SSSR count). The van der Waals surface area contributed by atoms with Crippen LogP contribution in [-0.2, 0) is 0 Å². The third-order valence-corrected chi connectivity index (χ3v) is 3.37. The molecule has 0 spiro atoms. The molecule has 0 aromatic heterocycles. The second-order valence-corrected chi connectivity index (χ2v) is 4.29. The molecule has 0 radical (unpaired) electrons. The average Bonchev–Trinajstić information content (AvgIpc) is 1.93. The first-order chi connectivity index (χ1) is 5.22. The van der Waals surface area contributed by atoms with Crippen molar-refractivity contribution in [1.29, 1.82) is 0 Å². The van der Waals surface area contributed by atoms with Gasteiger partial charge in [0.1, 0.15) is 0 Å². The van der Waals surface area contributed by atoms with Crippen LogP contribution in [0, 0.1) is 11.3 Å². The third-order valence-electron chi connectivity index (χ3n) is 3.37. The number of hydrogen-bond acceptors (Lipinski definition) is 1. The molecule has 1 fully saturated rings. The van der Waals surface area contributed by atoms with Gasteiger partial charge in [0.25, 0.3) is 0 Å². The van der Waals surface area contributed by atoms with Crippen LogP contribution >= 0.6 is 0 Å². The quantitative estimate of drug-likeness (QED) is 0.527. The van der Waals surface area contributed by atoms with Gasteiger partial charge in [-0.2, -0.15) is 0 Å². The second kappa shape index (κ2) is 2.34. The first-order valence-corrected chi connectivity index (χ1v) is 4.57. The first kappa shape index (κ1) is 7.35. The first-order valence-electron chi connectivity index (χ1n) is 4.57. The average molecular weight is 152 g/mol. The fraction of sp³-hybridized carbons (Fsp3) is 0.800. The number of aliphatic hydroxyl groups is 1. The zero-order valence-corrected chi connectivity index (χ0v) is 7.09. The highest BCUT2D eigenvalue weighted by Crippen LogP contribution is 2.45. The van der Waals surface area contributed by atoms with E-state index in [0.717, 1.165) is 6.42 Å². The molecular formula is C10H16O. The van der Waals surface area contributed by atoms with Crippen molar-refractivity contribution in [2.24, 2.45) is 11.3 Å². The van der Waals surface area contributed by atoms with E-state index in [0.29, 0.717) is 5.92 Å². The molecule has 1 N–H and O–H groups in total. The van der Waals surface area contributed by atoms with Gasteiger partial charge in [0.05, 0.1) is 6.10 Å². The molecule has 0 heterocycles. The van der Waals surface area contributed by atoms with Crippen LogP contribution in [0.5, 0.6) is 0 Å².